The van der Waals surface area contributed by atoms with E-state index in [1.807, 2.05) is 23.1 Å². The molecule has 25 heavy (non-hydrogen) atoms. The van der Waals surface area contributed by atoms with E-state index in [1.165, 1.54) is 22.3 Å². The van der Waals surface area contributed by atoms with Crippen LogP contribution in [0.15, 0.2) is 36.4 Å². The van der Waals surface area contributed by atoms with Crippen LogP contribution < -0.4 is 4.74 Å². The number of aromatic nitrogens is 1. The first-order valence-electron chi connectivity index (χ1n) is 8.60. The molecule has 1 aliphatic rings. The van der Waals surface area contributed by atoms with E-state index < -0.39 is 0 Å². The Balaban J connectivity index is 1.64. The van der Waals surface area contributed by atoms with Crippen LogP contribution >= 0.6 is 0 Å². The fraction of sp³-hybridized carbons (Fsp3) is 0.286. The van der Waals surface area contributed by atoms with E-state index in [9.17, 15) is 4.79 Å². The summed E-state index contributed by atoms with van der Waals surface area (Å²) in [6, 6.07) is 12.3. The van der Waals surface area contributed by atoms with Crippen molar-refractivity contribution in [3.05, 3.63) is 64.3 Å². The first-order chi connectivity index (χ1) is 12.0. The molecule has 0 unspecified atom stereocenters. The van der Waals surface area contributed by atoms with Crippen molar-refractivity contribution < 1.29 is 9.53 Å². The van der Waals surface area contributed by atoms with Crippen molar-refractivity contribution in [1.82, 2.24) is 9.88 Å². The average Bonchev–Trinajstić information content (AvgIpc) is 3.04. The van der Waals surface area contributed by atoms with Crippen molar-refractivity contribution in [1.29, 1.82) is 0 Å². The highest BCUT2D eigenvalue weighted by Gasteiger charge is 2.23. The minimum Gasteiger partial charge on any atom is -0.497 e. The Labute approximate surface area is 147 Å². The number of benzene rings is 2. The van der Waals surface area contributed by atoms with Crippen LogP contribution in [-0.2, 0) is 13.0 Å². The number of rotatable bonds is 2. The lowest BCUT2D eigenvalue weighted by Crippen LogP contribution is -2.36. The largest absolute Gasteiger partial charge is 0.497 e. The van der Waals surface area contributed by atoms with E-state index in [4.69, 9.17) is 4.74 Å². The summed E-state index contributed by atoms with van der Waals surface area (Å²) in [6.45, 7) is 5.52. The number of ether oxygens (including phenoxy) is 1. The molecule has 0 bridgehead atoms. The maximum absolute atomic E-state index is 13.0. The van der Waals surface area contributed by atoms with Crippen LogP contribution in [0.5, 0.6) is 5.75 Å². The fourth-order valence-electron chi connectivity index (χ4n) is 3.72. The summed E-state index contributed by atoms with van der Waals surface area (Å²) in [7, 11) is 1.67. The fourth-order valence-corrected chi connectivity index (χ4v) is 3.72. The Kier molecular flexibility index (Phi) is 3.75. The molecule has 0 radical (unpaired) electrons. The predicted octanol–water partition coefficient (Wildman–Crippen LogP) is 3.99. The molecule has 0 spiro atoms. The second-order valence-corrected chi connectivity index (χ2v) is 6.84. The summed E-state index contributed by atoms with van der Waals surface area (Å²) in [5, 5.41) is 1.12. The van der Waals surface area contributed by atoms with Gasteiger partial charge in [0.05, 0.1) is 7.11 Å². The van der Waals surface area contributed by atoms with Crippen molar-refractivity contribution in [2.45, 2.75) is 26.8 Å². The number of methoxy groups -OCH3 is 1. The molecule has 1 aliphatic heterocycles. The summed E-state index contributed by atoms with van der Waals surface area (Å²) in [5.41, 5.74) is 6.55. The standard InChI is InChI=1S/C21H22N2O2/c1-13-8-14(2)18-11-20(22-19(18)9-13)21(24)23-7-6-15-4-5-17(25-3)10-16(15)12-23/h4-5,8-11,22H,6-7,12H2,1-3H3. The van der Waals surface area contributed by atoms with Gasteiger partial charge in [0.25, 0.3) is 5.91 Å². The minimum atomic E-state index is 0.0572. The molecule has 1 amide bonds. The average molecular weight is 334 g/mol. The molecule has 0 saturated carbocycles. The van der Waals surface area contributed by atoms with Crippen LogP contribution in [0.4, 0.5) is 0 Å². The SMILES string of the molecule is COc1ccc2c(c1)CN(C(=O)c1cc3c(C)cc(C)cc3[nH]1)CC2. The Hall–Kier alpha value is -2.75. The van der Waals surface area contributed by atoms with Crippen molar-refractivity contribution in [2.24, 2.45) is 0 Å². The summed E-state index contributed by atoms with van der Waals surface area (Å²) in [4.78, 5) is 18.2. The monoisotopic (exact) mass is 334 g/mol. The molecule has 1 aromatic heterocycles. The molecular weight excluding hydrogens is 312 g/mol. The zero-order valence-corrected chi connectivity index (χ0v) is 14.8. The third-order valence-electron chi connectivity index (χ3n) is 5.03. The highest BCUT2D eigenvalue weighted by atomic mass is 16.5. The van der Waals surface area contributed by atoms with Gasteiger partial charge in [-0.1, -0.05) is 12.1 Å². The maximum atomic E-state index is 13.0. The lowest BCUT2D eigenvalue weighted by atomic mass is 9.99. The highest BCUT2D eigenvalue weighted by molar-refractivity contribution is 5.99. The normalized spacial score (nSPS) is 13.8. The number of aromatic amines is 1. The molecule has 4 rings (SSSR count). The molecule has 1 N–H and O–H groups in total. The molecule has 0 atom stereocenters. The zero-order valence-electron chi connectivity index (χ0n) is 14.8. The Bertz CT molecular complexity index is 971. The van der Waals surface area contributed by atoms with Gasteiger partial charge in [0.15, 0.2) is 0 Å². The van der Waals surface area contributed by atoms with Crippen LogP contribution in [0.3, 0.4) is 0 Å². The number of hydrogen-bond acceptors (Lipinski definition) is 2. The van der Waals surface area contributed by atoms with Gasteiger partial charge in [0, 0.05) is 24.0 Å². The topological polar surface area (TPSA) is 45.3 Å². The molecule has 0 aliphatic carbocycles. The predicted molar refractivity (Wildman–Crippen MR) is 99.2 cm³/mol. The van der Waals surface area contributed by atoms with E-state index in [2.05, 4.69) is 37.0 Å². The number of fused-ring (bicyclic) bond motifs is 2. The van der Waals surface area contributed by atoms with Gasteiger partial charge in [-0.2, -0.15) is 0 Å². The molecule has 4 heteroatoms. The van der Waals surface area contributed by atoms with Crippen molar-refractivity contribution in [3.63, 3.8) is 0 Å². The van der Waals surface area contributed by atoms with Crippen molar-refractivity contribution in [3.8, 4) is 5.75 Å². The van der Waals surface area contributed by atoms with Gasteiger partial charge in [-0.15, -0.1) is 0 Å². The second kappa shape index (κ2) is 5.96. The zero-order chi connectivity index (χ0) is 17.6. The molecule has 0 fully saturated rings. The number of nitrogens with one attached hydrogen (secondary N) is 1. The van der Waals surface area contributed by atoms with Gasteiger partial charge in [-0.25, -0.2) is 0 Å². The Morgan fingerprint density at radius 3 is 2.76 bits per heavy atom. The van der Waals surface area contributed by atoms with Crippen LogP contribution in [-0.4, -0.2) is 29.4 Å². The molecule has 3 aromatic rings. The number of nitrogens with zero attached hydrogens (tertiary/aromatic N) is 1. The van der Waals surface area contributed by atoms with Crippen LogP contribution in [0.1, 0.15) is 32.7 Å². The van der Waals surface area contributed by atoms with E-state index >= 15 is 0 Å². The number of carbonyl (C=O) groups excluding carboxylic acids is 1. The highest BCUT2D eigenvalue weighted by Crippen LogP contribution is 2.26. The van der Waals surface area contributed by atoms with Gasteiger partial charge in [-0.05, 0) is 66.8 Å². The third kappa shape index (κ3) is 2.78. The van der Waals surface area contributed by atoms with E-state index in [-0.39, 0.29) is 5.91 Å². The van der Waals surface area contributed by atoms with Crippen LogP contribution in [0.25, 0.3) is 10.9 Å². The molecule has 2 aromatic carbocycles. The first kappa shape index (κ1) is 15.8. The lowest BCUT2D eigenvalue weighted by molar-refractivity contribution is 0.0729. The van der Waals surface area contributed by atoms with E-state index in [1.54, 1.807) is 7.11 Å². The van der Waals surface area contributed by atoms with Crippen molar-refractivity contribution in [2.75, 3.05) is 13.7 Å². The molecule has 2 heterocycles. The molecule has 128 valence electrons. The first-order valence-corrected chi connectivity index (χ1v) is 8.60. The van der Waals surface area contributed by atoms with Crippen LogP contribution in [0, 0.1) is 13.8 Å². The summed E-state index contributed by atoms with van der Waals surface area (Å²) < 4.78 is 5.32. The van der Waals surface area contributed by atoms with Gasteiger partial charge in [0.1, 0.15) is 11.4 Å². The lowest BCUT2D eigenvalue weighted by Gasteiger charge is -2.28. The number of amides is 1. The van der Waals surface area contributed by atoms with Gasteiger partial charge >= 0.3 is 0 Å². The smallest absolute Gasteiger partial charge is 0.270 e. The van der Waals surface area contributed by atoms with E-state index in [0.29, 0.717) is 12.2 Å². The van der Waals surface area contributed by atoms with Gasteiger partial charge < -0.3 is 14.6 Å². The van der Waals surface area contributed by atoms with Crippen LogP contribution in [0.2, 0.25) is 0 Å². The summed E-state index contributed by atoms with van der Waals surface area (Å²) in [6.07, 6.45) is 0.878. The quantitative estimate of drug-likeness (QED) is 0.770. The number of hydrogen-bond donors (Lipinski definition) is 1. The molecule has 4 nitrogen and oxygen atoms in total. The number of aryl methyl sites for hydroxylation is 2. The third-order valence-corrected chi connectivity index (χ3v) is 5.03. The molecular formula is C21H22N2O2. The second-order valence-electron chi connectivity index (χ2n) is 6.84. The Morgan fingerprint density at radius 1 is 1.12 bits per heavy atom. The number of carbonyl (C=O) groups is 1. The maximum Gasteiger partial charge on any atom is 0.270 e. The Morgan fingerprint density at radius 2 is 1.96 bits per heavy atom. The van der Waals surface area contributed by atoms with Crippen molar-refractivity contribution >= 4 is 16.8 Å². The number of H-pyrrole nitrogens is 1. The summed E-state index contributed by atoms with van der Waals surface area (Å²) in [5.74, 6) is 0.895. The minimum absolute atomic E-state index is 0.0572. The van der Waals surface area contributed by atoms with Gasteiger partial charge in [0.2, 0.25) is 0 Å². The summed E-state index contributed by atoms with van der Waals surface area (Å²) >= 11 is 0. The molecule has 0 saturated heterocycles. The van der Waals surface area contributed by atoms with E-state index in [0.717, 1.165) is 29.6 Å². The van der Waals surface area contributed by atoms with Gasteiger partial charge in [-0.3, -0.25) is 4.79 Å².